The Balaban J connectivity index is 1.70. The average Bonchev–Trinajstić information content (AvgIpc) is 3.27. The molecule has 1 N–H and O–H groups in total. The quantitative estimate of drug-likeness (QED) is 0.901. The summed E-state index contributed by atoms with van der Waals surface area (Å²) in [5, 5.41) is 11.4. The topological polar surface area (TPSA) is 63.6 Å². The molecule has 0 radical (unpaired) electrons. The van der Waals surface area contributed by atoms with Gasteiger partial charge in [0.25, 0.3) is 0 Å². The highest BCUT2D eigenvalue weighted by molar-refractivity contribution is 6.11. The molecule has 4 nitrogen and oxygen atoms in total. The number of carboxylic acids is 1. The van der Waals surface area contributed by atoms with E-state index in [1.807, 2.05) is 18.2 Å². The first-order valence-electron chi connectivity index (χ1n) is 9.27. The lowest BCUT2D eigenvalue weighted by molar-refractivity contribution is -0.139. The number of ketones is 1. The fourth-order valence-electron chi connectivity index (χ4n) is 6.27. The van der Waals surface area contributed by atoms with Crippen LogP contribution in [0.15, 0.2) is 30.3 Å². The lowest BCUT2D eigenvalue weighted by atomic mass is 9.58. The summed E-state index contributed by atoms with van der Waals surface area (Å²) in [5.74, 6) is 0.792. The zero-order valence-corrected chi connectivity index (χ0v) is 15.0. The van der Waals surface area contributed by atoms with Crippen LogP contribution in [0.4, 0.5) is 0 Å². The van der Waals surface area contributed by atoms with Crippen molar-refractivity contribution in [2.24, 2.45) is 17.3 Å². The van der Waals surface area contributed by atoms with Crippen LogP contribution in [0.1, 0.15) is 48.5 Å². The molecule has 5 rings (SSSR count). The number of hydrogen-bond acceptors (Lipinski definition) is 3. The van der Waals surface area contributed by atoms with E-state index < -0.39 is 5.97 Å². The monoisotopic (exact) mass is 350 g/mol. The molecule has 2 fully saturated rings. The fourth-order valence-corrected chi connectivity index (χ4v) is 6.27. The maximum Gasteiger partial charge on any atom is 0.303 e. The Labute approximate surface area is 152 Å². The van der Waals surface area contributed by atoms with Gasteiger partial charge < -0.3 is 9.84 Å². The number of methoxy groups -OCH3 is 1. The molecule has 3 aliphatic carbocycles. The van der Waals surface area contributed by atoms with Gasteiger partial charge in [-0.05, 0) is 64.6 Å². The van der Waals surface area contributed by atoms with Crippen LogP contribution < -0.4 is 4.74 Å². The van der Waals surface area contributed by atoms with Crippen LogP contribution in [0.2, 0.25) is 0 Å². The van der Waals surface area contributed by atoms with E-state index in [2.05, 4.69) is 19.1 Å². The van der Waals surface area contributed by atoms with Crippen LogP contribution in [0.5, 0.6) is 5.75 Å². The first-order valence-corrected chi connectivity index (χ1v) is 9.27. The molecule has 0 saturated heterocycles. The summed E-state index contributed by atoms with van der Waals surface area (Å²) < 4.78 is 5.32. The molecular weight excluding hydrogens is 328 g/mol. The second-order valence-corrected chi connectivity index (χ2v) is 8.50. The van der Waals surface area contributed by atoms with Gasteiger partial charge in [0.15, 0.2) is 5.78 Å². The summed E-state index contributed by atoms with van der Waals surface area (Å²) in [6.45, 7) is 2.16. The van der Waals surface area contributed by atoms with E-state index in [1.54, 1.807) is 7.11 Å². The summed E-state index contributed by atoms with van der Waals surface area (Å²) in [4.78, 5) is 24.6. The highest BCUT2D eigenvalue weighted by atomic mass is 16.5. The minimum atomic E-state index is -0.753. The van der Waals surface area contributed by atoms with Gasteiger partial charge in [-0.2, -0.15) is 0 Å². The molecule has 4 atom stereocenters. The number of rotatable bonds is 3. The molecule has 1 spiro atoms. The van der Waals surface area contributed by atoms with Crippen LogP contribution >= 0.6 is 0 Å². The molecule has 0 aliphatic heterocycles. The van der Waals surface area contributed by atoms with Crippen LogP contribution in [0.25, 0.3) is 10.8 Å². The van der Waals surface area contributed by atoms with Gasteiger partial charge in [0.2, 0.25) is 0 Å². The van der Waals surface area contributed by atoms with Crippen molar-refractivity contribution in [2.45, 2.75) is 38.0 Å². The van der Waals surface area contributed by atoms with Crippen molar-refractivity contribution in [1.82, 2.24) is 0 Å². The second-order valence-electron chi connectivity index (χ2n) is 8.50. The fraction of sp³-hybridized carbons (Fsp3) is 0.455. The zero-order valence-electron chi connectivity index (χ0n) is 15.0. The van der Waals surface area contributed by atoms with Crippen molar-refractivity contribution < 1.29 is 19.4 Å². The molecule has 0 amide bonds. The predicted octanol–water partition coefficient (Wildman–Crippen LogP) is 4.19. The van der Waals surface area contributed by atoms with Gasteiger partial charge in [0.05, 0.1) is 7.11 Å². The summed E-state index contributed by atoms with van der Waals surface area (Å²) in [6.07, 6.45) is 2.64. The number of Topliss-reactive ketones (excluding diaryl/α,β-unsaturated/α-hetero) is 1. The van der Waals surface area contributed by atoms with Crippen LogP contribution in [-0.4, -0.2) is 24.0 Å². The average molecular weight is 350 g/mol. The Kier molecular flexibility index (Phi) is 2.97. The number of benzene rings is 2. The van der Waals surface area contributed by atoms with Crippen LogP contribution in [0, 0.1) is 17.3 Å². The Hall–Kier alpha value is -2.36. The molecule has 0 aromatic heterocycles. The molecule has 4 heteroatoms. The van der Waals surface area contributed by atoms with Gasteiger partial charge in [0.1, 0.15) is 5.75 Å². The van der Waals surface area contributed by atoms with Crippen LogP contribution in [0.3, 0.4) is 0 Å². The van der Waals surface area contributed by atoms with Crippen molar-refractivity contribution in [3.63, 3.8) is 0 Å². The van der Waals surface area contributed by atoms with E-state index in [-0.39, 0.29) is 29.0 Å². The zero-order chi connectivity index (χ0) is 18.3. The van der Waals surface area contributed by atoms with E-state index in [1.165, 1.54) is 0 Å². The lowest BCUT2D eigenvalue weighted by Crippen LogP contribution is -2.43. The molecular formula is C22H22O4. The van der Waals surface area contributed by atoms with Crippen molar-refractivity contribution in [2.75, 3.05) is 7.11 Å². The van der Waals surface area contributed by atoms with Gasteiger partial charge in [0, 0.05) is 23.8 Å². The molecule has 0 heterocycles. The maximum atomic E-state index is 13.2. The first-order chi connectivity index (χ1) is 12.4. The van der Waals surface area contributed by atoms with Gasteiger partial charge in [-0.1, -0.05) is 19.1 Å². The molecule has 134 valence electrons. The molecule has 2 saturated carbocycles. The third kappa shape index (κ3) is 1.75. The van der Waals surface area contributed by atoms with Gasteiger partial charge in [-0.15, -0.1) is 0 Å². The number of hydrogen-bond donors (Lipinski definition) is 1. The first kappa shape index (κ1) is 15.9. The second kappa shape index (κ2) is 4.87. The highest BCUT2D eigenvalue weighted by Gasteiger charge is 2.74. The number of carboxylic acid groups (broad SMARTS) is 1. The smallest absolute Gasteiger partial charge is 0.303 e. The number of aliphatic carboxylic acids is 1. The van der Waals surface area contributed by atoms with E-state index >= 15 is 0 Å². The summed E-state index contributed by atoms with van der Waals surface area (Å²) in [5.41, 5.74) is 1.78. The molecule has 2 aromatic carbocycles. The van der Waals surface area contributed by atoms with Crippen molar-refractivity contribution >= 4 is 22.5 Å². The van der Waals surface area contributed by atoms with Crippen LogP contribution in [-0.2, 0) is 10.2 Å². The van der Waals surface area contributed by atoms with Gasteiger partial charge in [-0.3, -0.25) is 9.59 Å². The Morgan fingerprint density at radius 2 is 2.12 bits per heavy atom. The Bertz CT molecular complexity index is 978. The Morgan fingerprint density at radius 3 is 2.85 bits per heavy atom. The van der Waals surface area contributed by atoms with Gasteiger partial charge in [-0.25, -0.2) is 0 Å². The lowest BCUT2D eigenvalue weighted by Gasteiger charge is -2.44. The SMILES string of the molecule is COc1ccc2c3c(ccc2c1)[C@]12CC1C[C@@H](CC(=O)O)[C@@]2(C)CC3=O. The summed E-state index contributed by atoms with van der Waals surface area (Å²) in [6, 6.07) is 10.1. The maximum absolute atomic E-state index is 13.2. The predicted molar refractivity (Wildman–Crippen MR) is 97.7 cm³/mol. The number of fused-ring (bicyclic) bond motifs is 3. The number of carbonyl (C=O) groups excluding carboxylic acids is 1. The largest absolute Gasteiger partial charge is 0.497 e. The number of carbonyl (C=O) groups is 2. The van der Waals surface area contributed by atoms with E-state index in [0.717, 1.165) is 40.5 Å². The van der Waals surface area contributed by atoms with Gasteiger partial charge >= 0.3 is 5.97 Å². The standard InChI is InChI=1S/C22H22O4/c1-21-11-18(23)20-16-5-4-15(26-2)7-12(16)3-6-17(20)22(21)10-14(22)8-13(21)9-19(24)25/h3-7,13-14H,8-11H2,1-2H3,(H,24,25)/t13-,14?,21+,22-/m0/s1. The molecule has 0 bridgehead atoms. The third-order valence-corrected chi connectivity index (χ3v) is 7.53. The van der Waals surface area contributed by atoms with Crippen molar-refractivity contribution in [3.8, 4) is 5.75 Å². The third-order valence-electron chi connectivity index (χ3n) is 7.53. The number of ether oxygens (including phenoxy) is 1. The van der Waals surface area contributed by atoms with E-state index in [9.17, 15) is 14.7 Å². The minimum absolute atomic E-state index is 0.00945. The van der Waals surface area contributed by atoms with E-state index in [4.69, 9.17) is 4.74 Å². The molecule has 3 aliphatic rings. The van der Waals surface area contributed by atoms with Crippen molar-refractivity contribution in [3.05, 3.63) is 41.5 Å². The Morgan fingerprint density at radius 1 is 1.31 bits per heavy atom. The summed E-state index contributed by atoms with van der Waals surface area (Å²) >= 11 is 0. The molecule has 26 heavy (non-hydrogen) atoms. The molecule has 2 aromatic rings. The highest BCUT2D eigenvalue weighted by Crippen LogP contribution is 2.78. The normalized spacial score (nSPS) is 34.2. The minimum Gasteiger partial charge on any atom is -0.497 e. The van der Waals surface area contributed by atoms with Crippen molar-refractivity contribution in [1.29, 1.82) is 0 Å². The summed E-state index contributed by atoms with van der Waals surface area (Å²) in [7, 11) is 1.64. The van der Waals surface area contributed by atoms with E-state index in [0.29, 0.717) is 12.3 Å². The molecule has 1 unspecified atom stereocenters.